The molecule has 1 aromatic heterocycles. The van der Waals surface area contributed by atoms with Gasteiger partial charge in [0.15, 0.2) is 0 Å². The first-order chi connectivity index (χ1) is 9.71. The van der Waals surface area contributed by atoms with Gasteiger partial charge in [0, 0.05) is 13.1 Å². The van der Waals surface area contributed by atoms with Crippen LogP contribution in [0.15, 0.2) is 12.3 Å². The Morgan fingerprint density at radius 2 is 1.95 bits per heavy atom. The third-order valence-electron chi connectivity index (χ3n) is 5.23. The minimum Gasteiger partial charge on any atom is -0.370 e. The van der Waals surface area contributed by atoms with Crippen molar-refractivity contribution in [3.63, 3.8) is 0 Å². The van der Waals surface area contributed by atoms with E-state index in [1.54, 1.807) is 0 Å². The Morgan fingerprint density at radius 1 is 1.33 bits per heavy atom. The van der Waals surface area contributed by atoms with E-state index in [-0.39, 0.29) is 22.3 Å². The molecule has 4 nitrogen and oxygen atoms in total. The van der Waals surface area contributed by atoms with Gasteiger partial charge in [-0.1, -0.05) is 27.7 Å². The molecule has 21 heavy (non-hydrogen) atoms. The average molecular weight is 293 g/mol. The highest BCUT2D eigenvalue weighted by Gasteiger charge is 2.64. The van der Waals surface area contributed by atoms with Crippen molar-refractivity contribution in [1.29, 1.82) is 0 Å². The van der Waals surface area contributed by atoms with E-state index in [4.69, 9.17) is 0 Å². The van der Waals surface area contributed by atoms with Crippen LogP contribution in [0.1, 0.15) is 45.0 Å². The van der Waals surface area contributed by atoms with Crippen LogP contribution in [0.3, 0.4) is 0 Å². The van der Waals surface area contributed by atoms with Gasteiger partial charge in [0.1, 0.15) is 11.6 Å². The molecule has 0 spiro atoms. The van der Waals surface area contributed by atoms with Gasteiger partial charge in [0.05, 0.1) is 11.8 Å². The number of hydrogen-bond acceptors (Lipinski definition) is 3. The van der Waals surface area contributed by atoms with Gasteiger partial charge in [0.2, 0.25) is 0 Å². The molecule has 1 amide bonds. The smallest absolute Gasteiger partial charge is 0.255 e. The van der Waals surface area contributed by atoms with Crippen LogP contribution in [0.4, 0.5) is 10.2 Å². The number of hydrogen-bond donors (Lipinski definition) is 2. The number of rotatable bonds is 5. The summed E-state index contributed by atoms with van der Waals surface area (Å²) >= 11 is 0. The zero-order chi connectivity index (χ0) is 15.8. The van der Waals surface area contributed by atoms with Gasteiger partial charge < -0.3 is 10.6 Å². The normalized spacial score (nSPS) is 19.1. The van der Waals surface area contributed by atoms with Gasteiger partial charge in [-0.25, -0.2) is 9.37 Å². The molecular weight excluding hydrogens is 269 g/mol. The molecule has 5 heteroatoms. The number of carbonyl (C=O) groups is 1. The van der Waals surface area contributed by atoms with Crippen molar-refractivity contribution >= 4 is 11.7 Å². The molecule has 0 saturated heterocycles. The maximum Gasteiger partial charge on any atom is 0.255 e. The lowest BCUT2D eigenvalue weighted by Crippen LogP contribution is -2.28. The molecule has 116 valence electrons. The van der Waals surface area contributed by atoms with Crippen LogP contribution in [0.25, 0.3) is 0 Å². The first kappa shape index (κ1) is 15.7. The number of nitrogens with zero attached hydrogens (tertiary/aromatic N) is 1. The summed E-state index contributed by atoms with van der Waals surface area (Å²) in [5, 5.41) is 5.89. The molecule has 2 rings (SSSR count). The standard InChI is InChI=1S/C16H24FN3O/c1-6-18-13-11(7-10(17)8-19-13)14(21)20-9-12-15(2,3)16(12,4)5/h7-8,12H,6,9H2,1-5H3,(H,18,19)(H,20,21). The Kier molecular flexibility index (Phi) is 3.95. The fraction of sp³-hybridized carbons (Fsp3) is 0.625. The van der Waals surface area contributed by atoms with E-state index in [1.807, 2.05) is 6.92 Å². The van der Waals surface area contributed by atoms with E-state index in [9.17, 15) is 9.18 Å². The number of amides is 1. The predicted octanol–water partition coefficient (Wildman–Crippen LogP) is 3.06. The third kappa shape index (κ3) is 2.74. The van der Waals surface area contributed by atoms with Gasteiger partial charge in [-0.05, 0) is 29.7 Å². The van der Waals surface area contributed by atoms with Crippen molar-refractivity contribution < 1.29 is 9.18 Å². The molecule has 0 atom stereocenters. The minimum absolute atomic E-state index is 0.213. The Bertz CT molecular complexity index is 540. The van der Waals surface area contributed by atoms with Crippen molar-refractivity contribution in [2.45, 2.75) is 34.6 Å². The second-order valence-corrected chi connectivity index (χ2v) is 6.79. The van der Waals surface area contributed by atoms with Crippen molar-refractivity contribution in [3.05, 3.63) is 23.6 Å². The lowest BCUT2D eigenvalue weighted by atomic mass is 10.0. The first-order valence-corrected chi connectivity index (χ1v) is 7.39. The molecule has 0 aliphatic heterocycles. The highest BCUT2D eigenvalue weighted by atomic mass is 19.1. The molecule has 1 saturated carbocycles. The summed E-state index contributed by atoms with van der Waals surface area (Å²) in [6.45, 7) is 12.0. The summed E-state index contributed by atoms with van der Waals surface area (Å²) in [5.41, 5.74) is 0.684. The van der Waals surface area contributed by atoms with Crippen LogP contribution in [0, 0.1) is 22.6 Å². The summed E-state index contributed by atoms with van der Waals surface area (Å²) in [6, 6.07) is 1.23. The molecule has 1 fully saturated rings. The van der Waals surface area contributed by atoms with E-state index >= 15 is 0 Å². The number of anilines is 1. The molecule has 2 N–H and O–H groups in total. The summed E-state index contributed by atoms with van der Waals surface area (Å²) in [7, 11) is 0. The molecule has 1 heterocycles. The Labute approximate surface area is 125 Å². The van der Waals surface area contributed by atoms with E-state index in [0.29, 0.717) is 24.8 Å². The zero-order valence-corrected chi connectivity index (χ0v) is 13.4. The second kappa shape index (κ2) is 5.28. The fourth-order valence-electron chi connectivity index (χ4n) is 3.05. The van der Waals surface area contributed by atoms with Gasteiger partial charge in [-0.2, -0.15) is 0 Å². The van der Waals surface area contributed by atoms with Gasteiger partial charge in [-0.15, -0.1) is 0 Å². The largest absolute Gasteiger partial charge is 0.370 e. The number of halogens is 1. The lowest BCUT2D eigenvalue weighted by molar-refractivity contribution is 0.0950. The minimum atomic E-state index is -0.506. The fourth-order valence-corrected chi connectivity index (χ4v) is 3.05. The quantitative estimate of drug-likeness (QED) is 0.877. The monoisotopic (exact) mass is 293 g/mol. The zero-order valence-electron chi connectivity index (χ0n) is 13.4. The number of pyridine rings is 1. The summed E-state index contributed by atoms with van der Waals surface area (Å²) in [4.78, 5) is 16.2. The maximum atomic E-state index is 13.3. The van der Waals surface area contributed by atoms with E-state index in [2.05, 4.69) is 43.3 Å². The molecule has 0 bridgehead atoms. The van der Waals surface area contributed by atoms with E-state index < -0.39 is 5.82 Å². The Balaban J connectivity index is 2.06. The number of nitrogens with one attached hydrogen (secondary N) is 2. The van der Waals surface area contributed by atoms with Crippen molar-refractivity contribution in [2.24, 2.45) is 16.7 Å². The van der Waals surface area contributed by atoms with Gasteiger partial charge in [0.25, 0.3) is 5.91 Å². The summed E-state index contributed by atoms with van der Waals surface area (Å²) < 4.78 is 13.3. The molecule has 0 radical (unpaired) electrons. The topological polar surface area (TPSA) is 54.0 Å². The number of carbonyl (C=O) groups excluding carboxylic acids is 1. The van der Waals surface area contributed by atoms with Crippen LogP contribution in [0.5, 0.6) is 0 Å². The van der Waals surface area contributed by atoms with Crippen LogP contribution >= 0.6 is 0 Å². The highest BCUT2D eigenvalue weighted by Crippen LogP contribution is 2.67. The third-order valence-corrected chi connectivity index (χ3v) is 5.23. The van der Waals surface area contributed by atoms with E-state index in [0.717, 1.165) is 6.20 Å². The Morgan fingerprint density at radius 3 is 2.48 bits per heavy atom. The molecule has 1 aromatic rings. The van der Waals surface area contributed by atoms with Crippen LogP contribution < -0.4 is 10.6 Å². The van der Waals surface area contributed by atoms with Gasteiger partial charge >= 0.3 is 0 Å². The van der Waals surface area contributed by atoms with E-state index in [1.165, 1.54) is 6.07 Å². The van der Waals surface area contributed by atoms with Crippen molar-refractivity contribution in [1.82, 2.24) is 10.3 Å². The molecule has 1 aliphatic rings. The number of aromatic nitrogens is 1. The average Bonchev–Trinajstić information content (AvgIpc) is 2.79. The SMILES string of the molecule is CCNc1ncc(F)cc1C(=O)NCC1C(C)(C)C1(C)C. The van der Waals surface area contributed by atoms with Crippen LogP contribution in [-0.4, -0.2) is 24.0 Å². The van der Waals surface area contributed by atoms with Crippen molar-refractivity contribution in [3.8, 4) is 0 Å². The van der Waals surface area contributed by atoms with Crippen molar-refractivity contribution in [2.75, 3.05) is 18.4 Å². The van der Waals surface area contributed by atoms with Crippen LogP contribution in [0.2, 0.25) is 0 Å². The maximum absolute atomic E-state index is 13.3. The van der Waals surface area contributed by atoms with Gasteiger partial charge in [-0.3, -0.25) is 4.79 Å². The lowest BCUT2D eigenvalue weighted by Gasteiger charge is -2.11. The summed E-state index contributed by atoms with van der Waals surface area (Å²) in [5.74, 6) is 0.0640. The van der Waals surface area contributed by atoms with Crippen LogP contribution in [-0.2, 0) is 0 Å². The molecule has 0 unspecified atom stereocenters. The predicted molar refractivity (Wildman–Crippen MR) is 81.7 cm³/mol. The summed E-state index contributed by atoms with van der Waals surface area (Å²) in [6.07, 6.45) is 1.11. The molecule has 1 aliphatic carbocycles. The highest BCUT2D eigenvalue weighted by molar-refractivity contribution is 5.98. The first-order valence-electron chi connectivity index (χ1n) is 7.39. The molecule has 0 aromatic carbocycles. The second-order valence-electron chi connectivity index (χ2n) is 6.79. The molecular formula is C16H24FN3O. The Hall–Kier alpha value is -1.65.